The van der Waals surface area contributed by atoms with Crippen molar-refractivity contribution in [1.82, 2.24) is 0 Å². The Bertz CT molecular complexity index is 3100. The van der Waals surface area contributed by atoms with E-state index in [1.54, 1.807) is 72.8 Å². The van der Waals surface area contributed by atoms with E-state index in [4.69, 9.17) is 42.3 Å². The Morgan fingerprint density at radius 3 is 1.53 bits per heavy atom. The lowest BCUT2D eigenvalue weighted by Gasteiger charge is -2.44. The third kappa shape index (κ3) is 11.0. The van der Waals surface area contributed by atoms with Crippen LogP contribution in [0.25, 0.3) is 22.3 Å². The average molecular weight is 949 g/mol. The fraction of sp³-hybridized carbons (Fsp3) is 0.151. The van der Waals surface area contributed by atoms with E-state index in [9.17, 15) is 33.9 Å². The predicted octanol–water partition coefficient (Wildman–Crippen LogP) is 7.65. The maximum atomic E-state index is 15.0. The van der Waals surface area contributed by atoms with Crippen molar-refractivity contribution in [2.45, 2.75) is 44.6 Å². The van der Waals surface area contributed by atoms with Gasteiger partial charge in [-0.3, -0.25) is 14.4 Å². The summed E-state index contributed by atoms with van der Waals surface area (Å²) in [5.41, 5.74) is -0.955. The molecule has 0 aliphatic carbocycles. The topological polar surface area (TPSA) is 227 Å². The molecule has 0 bridgehead atoms. The van der Waals surface area contributed by atoms with Gasteiger partial charge in [0.05, 0.1) is 22.3 Å². The maximum Gasteiger partial charge on any atom is 0.338 e. The fourth-order valence-electron chi connectivity index (χ4n) is 7.36. The third-order valence-electron chi connectivity index (χ3n) is 10.5. The van der Waals surface area contributed by atoms with Crippen LogP contribution >= 0.6 is 0 Å². The number of hydrogen-bond acceptors (Lipinski definition) is 17. The lowest BCUT2D eigenvalue weighted by atomic mass is 9.97. The molecular weight excluding hydrogens is 909 g/mol. The molecule has 1 N–H and O–H groups in total. The van der Waals surface area contributed by atoms with E-state index in [0.717, 1.165) is 19.1 Å². The molecule has 17 heteroatoms. The second kappa shape index (κ2) is 21.3. The predicted molar refractivity (Wildman–Crippen MR) is 245 cm³/mol. The summed E-state index contributed by atoms with van der Waals surface area (Å²) in [6.07, 6.45) is -9.24. The minimum atomic E-state index is -2.04. The van der Waals surface area contributed by atoms with Gasteiger partial charge in [0, 0.05) is 31.5 Å². The Kier molecular flexibility index (Phi) is 14.4. The summed E-state index contributed by atoms with van der Waals surface area (Å²) in [6.45, 7) is 1.55. The molecule has 5 atom stereocenters. The summed E-state index contributed by atoms with van der Waals surface area (Å²) in [6, 6.07) is 38.7. The Morgan fingerprint density at radius 1 is 0.557 bits per heavy atom. The van der Waals surface area contributed by atoms with Crippen molar-refractivity contribution in [1.29, 1.82) is 0 Å². The quantitative estimate of drug-likeness (QED) is 0.0627. The van der Waals surface area contributed by atoms with E-state index >= 15 is 4.79 Å². The molecule has 1 saturated heterocycles. The first-order valence-electron chi connectivity index (χ1n) is 21.5. The maximum absolute atomic E-state index is 15.0. The van der Waals surface area contributed by atoms with Crippen LogP contribution < -0.4 is 19.6 Å². The Labute approximate surface area is 397 Å². The number of rotatable bonds is 14. The van der Waals surface area contributed by atoms with Crippen LogP contribution in [0.5, 0.6) is 23.0 Å². The van der Waals surface area contributed by atoms with Crippen molar-refractivity contribution in [2.24, 2.45) is 0 Å². The van der Waals surface area contributed by atoms with Gasteiger partial charge in [0.15, 0.2) is 18.0 Å². The molecule has 1 aromatic heterocycles. The van der Waals surface area contributed by atoms with Gasteiger partial charge < -0.3 is 47.4 Å². The SMILES string of the molecule is CC(=O)Oc1ccc(-c2oc3cc(O)cc(OC(C)=O)c3c(=O)c2O[C@@H]2O[C@H](COC(=O)c3ccccc3)[C@@H](OC(=O)c3ccccc3)C(OC(=O)c3ccccc3)C2OC(=O)c2ccccc2)cc1. The van der Waals surface area contributed by atoms with Crippen molar-refractivity contribution in [3.05, 3.63) is 190 Å². The van der Waals surface area contributed by atoms with Crippen LogP contribution in [0.3, 0.4) is 0 Å². The highest BCUT2D eigenvalue weighted by Crippen LogP contribution is 2.39. The van der Waals surface area contributed by atoms with E-state index in [1.807, 2.05) is 0 Å². The summed E-state index contributed by atoms with van der Waals surface area (Å²) in [7, 11) is 0. The smallest absolute Gasteiger partial charge is 0.338 e. The highest BCUT2D eigenvalue weighted by atomic mass is 16.7. The number of phenolic OH excluding ortho intramolecular Hbond substituents is 1. The van der Waals surface area contributed by atoms with Crippen molar-refractivity contribution in [2.75, 3.05) is 6.61 Å². The van der Waals surface area contributed by atoms with Gasteiger partial charge in [-0.15, -0.1) is 0 Å². The zero-order chi connectivity index (χ0) is 49.3. The first-order valence-corrected chi connectivity index (χ1v) is 21.5. The summed E-state index contributed by atoms with van der Waals surface area (Å²) in [5.74, 6) is -7.04. The minimum Gasteiger partial charge on any atom is -0.508 e. The molecule has 0 saturated carbocycles. The Morgan fingerprint density at radius 2 is 1.03 bits per heavy atom. The number of phenols is 1. The van der Waals surface area contributed by atoms with E-state index in [1.165, 1.54) is 79.7 Å². The molecule has 0 spiro atoms. The third-order valence-corrected chi connectivity index (χ3v) is 10.5. The van der Waals surface area contributed by atoms with Crippen LogP contribution in [0.1, 0.15) is 55.3 Å². The number of carbonyl (C=O) groups excluding carboxylic acids is 6. The Hall–Kier alpha value is -9.09. The van der Waals surface area contributed by atoms with Crippen LogP contribution in [0, 0.1) is 0 Å². The largest absolute Gasteiger partial charge is 0.508 e. The average Bonchev–Trinajstić information content (AvgIpc) is 3.36. The summed E-state index contributed by atoms with van der Waals surface area (Å²) in [5, 5.41) is 10.3. The molecule has 6 aromatic carbocycles. The Balaban J connectivity index is 1.32. The molecular formula is C53H40O17. The van der Waals surface area contributed by atoms with E-state index in [2.05, 4.69) is 0 Å². The second-order valence-corrected chi connectivity index (χ2v) is 15.5. The number of carbonyl (C=O) groups is 6. The van der Waals surface area contributed by atoms with Crippen molar-refractivity contribution < 1.29 is 76.2 Å². The van der Waals surface area contributed by atoms with Crippen LogP contribution in [0.4, 0.5) is 0 Å². The van der Waals surface area contributed by atoms with Crippen LogP contribution in [-0.2, 0) is 33.3 Å². The van der Waals surface area contributed by atoms with Gasteiger partial charge in [0.25, 0.3) is 0 Å². The van der Waals surface area contributed by atoms with Crippen LogP contribution in [0.15, 0.2) is 167 Å². The summed E-state index contributed by atoms with van der Waals surface area (Å²) >= 11 is 0. The number of ether oxygens (including phenoxy) is 8. The molecule has 0 amide bonds. The standard InChI is InChI=1S/C53H40O17/c1-30(54)63-38-25-23-32(24-26-38)44-46(43(57)42-39(64-31(2)55)27-37(56)28-40(42)65-44)70-53-48(69-52(61)36-21-13-6-14-22-36)47(68-51(60)35-19-11-5-12-20-35)45(67-50(59)34-17-9-4-10-18-34)41(66-53)29-62-49(58)33-15-7-3-8-16-33/h3-28,41,45,47-48,53,56H,29H2,1-2H3/t41-,45-,47?,48?,53+/m1/s1. The lowest BCUT2D eigenvalue weighted by molar-refractivity contribution is -0.275. The zero-order valence-corrected chi connectivity index (χ0v) is 37.1. The molecule has 1 fully saturated rings. The fourth-order valence-corrected chi connectivity index (χ4v) is 7.36. The van der Waals surface area contributed by atoms with Gasteiger partial charge in [-0.05, 0) is 72.8 Å². The van der Waals surface area contributed by atoms with Crippen molar-refractivity contribution >= 4 is 46.8 Å². The first-order chi connectivity index (χ1) is 33.8. The molecule has 354 valence electrons. The summed E-state index contributed by atoms with van der Waals surface area (Å²) in [4.78, 5) is 95.0. The molecule has 2 heterocycles. The van der Waals surface area contributed by atoms with Gasteiger partial charge in [0.1, 0.15) is 40.9 Å². The molecule has 8 rings (SSSR count). The lowest BCUT2D eigenvalue weighted by Crippen LogP contribution is -2.64. The molecule has 2 unspecified atom stereocenters. The number of benzene rings is 6. The highest BCUT2D eigenvalue weighted by molar-refractivity contribution is 5.93. The van der Waals surface area contributed by atoms with Gasteiger partial charge in [-0.25, -0.2) is 19.2 Å². The van der Waals surface area contributed by atoms with Gasteiger partial charge in [-0.2, -0.15) is 0 Å². The normalized spacial score (nSPS) is 17.3. The van der Waals surface area contributed by atoms with Gasteiger partial charge in [0.2, 0.25) is 23.6 Å². The minimum absolute atomic E-state index is 0.00994. The number of aromatic hydroxyl groups is 1. The molecule has 1 aliphatic rings. The van der Waals surface area contributed by atoms with Crippen LogP contribution in [0.2, 0.25) is 0 Å². The first kappa shape index (κ1) is 47.4. The molecule has 0 radical (unpaired) electrons. The van der Waals surface area contributed by atoms with Crippen molar-refractivity contribution in [3.8, 4) is 34.3 Å². The van der Waals surface area contributed by atoms with Gasteiger partial charge >= 0.3 is 35.8 Å². The van der Waals surface area contributed by atoms with Crippen molar-refractivity contribution in [3.63, 3.8) is 0 Å². The monoisotopic (exact) mass is 948 g/mol. The van der Waals surface area contributed by atoms with E-state index < -0.39 is 101 Å². The number of esters is 6. The molecule has 1 aliphatic heterocycles. The highest BCUT2D eigenvalue weighted by Gasteiger charge is 2.55. The molecule has 17 nitrogen and oxygen atoms in total. The molecule has 7 aromatic rings. The molecule has 70 heavy (non-hydrogen) atoms. The van der Waals surface area contributed by atoms with E-state index in [0.29, 0.717) is 0 Å². The van der Waals surface area contributed by atoms with Crippen LogP contribution in [-0.4, -0.2) is 78.2 Å². The second-order valence-electron chi connectivity index (χ2n) is 15.5. The number of hydrogen-bond donors (Lipinski definition) is 1. The summed E-state index contributed by atoms with van der Waals surface area (Å²) < 4.78 is 54.0. The zero-order valence-electron chi connectivity index (χ0n) is 37.1. The number of fused-ring (bicyclic) bond motifs is 1. The van der Waals surface area contributed by atoms with Gasteiger partial charge in [-0.1, -0.05) is 72.8 Å². The van der Waals surface area contributed by atoms with E-state index in [-0.39, 0.29) is 44.9 Å².